The van der Waals surface area contributed by atoms with Crippen LogP contribution in [0.1, 0.15) is 46.6 Å². The average molecular weight is 421 g/mol. The molecule has 0 aliphatic carbocycles. The smallest absolute Gasteiger partial charge is 0.315 e. The Morgan fingerprint density at radius 3 is 2.43 bits per heavy atom. The van der Waals surface area contributed by atoms with Crippen LogP contribution in [0.25, 0.3) is 0 Å². The number of hydrogen-bond acceptors (Lipinski definition) is 6. The predicted molar refractivity (Wildman–Crippen MR) is 111 cm³/mol. The molecule has 0 radical (unpaired) electrons. The molecule has 1 heterocycles. The standard InChI is InChI=1S/C22H32N2O6/c1-7-24(15(2)10-16-8-9-17-18(11-16)29-14-28-17)20(26)13-23(6)19(25)12-21(27)30-22(3,4)5/h8-9,11,15H,7,10,12-14H2,1-6H3. The Hall–Kier alpha value is -2.77. The quantitative estimate of drug-likeness (QED) is 0.474. The fraction of sp³-hybridized carbons (Fsp3) is 0.591. The molecule has 0 saturated carbocycles. The summed E-state index contributed by atoms with van der Waals surface area (Å²) in [4.78, 5) is 39.9. The highest BCUT2D eigenvalue weighted by molar-refractivity contribution is 5.95. The molecule has 1 atom stereocenters. The molecule has 2 rings (SSSR count). The normalized spacial score (nSPS) is 13.5. The lowest BCUT2D eigenvalue weighted by atomic mass is 10.0. The third kappa shape index (κ3) is 6.64. The SMILES string of the molecule is CCN(C(=O)CN(C)C(=O)CC(=O)OC(C)(C)C)C(C)Cc1ccc2c(c1)OCO2. The number of fused-ring (bicyclic) bond motifs is 1. The Labute approximate surface area is 178 Å². The van der Waals surface area contributed by atoms with Crippen molar-refractivity contribution in [2.45, 2.75) is 59.1 Å². The minimum Gasteiger partial charge on any atom is -0.460 e. The summed E-state index contributed by atoms with van der Waals surface area (Å²) < 4.78 is 15.9. The number of ether oxygens (including phenoxy) is 3. The first kappa shape index (κ1) is 23.5. The fourth-order valence-corrected chi connectivity index (χ4v) is 3.27. The molecule has 1 aliphatic heterocycles. The van der Waals surface area contributed by atoms with E-state index in [0.29, 0.717) is 18.7 Å². The van der Waals surface area contributed by atoms with Crippen molar-refractivity contribution in [2.75, 3.05) is 26.9 Å². The number of benzene rings is 1. The van der Waals surface area contributed by atoms with Crippen LogP contribution in [0.3, 0.4) is 0 Å². The molecule has 0 spiro atoms. The highest BCUT2D eigenvalue weighted by Crippen LogP contribution is 2.33. The number of nitrogens with zero attached hydrogens (tertiary/aromatic N) is 2. The van der Waals surface area contributed by atoms with Gasteiger partial charge in [-0.25, -0.2) is 0 Å². The minimum atomic E-state index is -0.658. The molecule has 166 valence electrons. The van der Waals surface area contributed by atoms with E-state index in [1.54, 1.807) is 25.7 Å². The van der Waals surface area contributed by atoms with E-state index in [2.05, 4.69) is 0 Å². The van der Waals surface area contributed by atoms with Crippen molar-refractivity contribution in [3.63, 3.8) is 0 Å². The second kappa shape index (κ2) is 9.82. The molecular formula is C22H32N2O6. The number of carbonyl (C=O) groups is 3. The predicted octanol–water partition coefficient (Wildman–Crippen LogP) is 2.38. The highest BCUT2D eigenvalue weighted by atomic mass is 16.7. The molecule has 0 aromatic heterocycles. The van der Waals surface area contributed by atoms with E-state index < -0.39 is 17.5 Å². The van der Waals surface area contributed by atoms with Crippen molar-refractivity contribution < 1.29 is 28.6 Å². The van der Waals surface area contributed by atoms with Crippen LogP contribution in [0.4, 0.5) is 0 Å². The average Bonchev–Trinajstić information content (AvgIpc) is 3.08. The molecule has 0 saturated heterocycles. The molecule has 1 unspecified atom stereocenters. The molecule has 0 N–H and O–H groups in total. The van der Waals surface area contributed by atoms with Gasteiger partial charge in [0.1, 0.15) is 12.0 Å². The molecule has 30 heavy (non-hydrogen) atoms. The summed E-state index contributed by atoms with van der Waals surface area (Å²) in [6, 6.07) is 5.68. The summed E-state index contributed by atoms with van der Waals surface area (Å²) in [5, 5.41) is 0. The van der Waals surface area contributed by atoms with E-state index in [-0.39, 0.29) is 31.7 Å². The molecule has 1 aliphatic rings. The van der Waals surface area contributed by atoms with Crippen molar-refractivity contribution in [1.82, 2.24) is 9.80 Å². The topological polar surface area (TPSA) is 85.4 Å². The molecule has 0 fully saturated rings. The first-order valence-corrected chi connectivity index (χ1v) is 10.1. The van der Waals surface area contributed by atoms with Crippen molar-refractivity contribution in [3.05, 3.63) is 23.8 Å². The molecule has 0 bridgehead atoms. The van der Waals surface area contributed by atoms with Gasteiger partial charge in [0.05, 0.1) is 6.54 Å². The van der Waals surface area contributed by atoms with Gasteiger partial charge in [0.25, 0.3) is 0 Å². The van der Waals surface area contributed by atoms with E-state index in [4.69, 9.17) is 14.2 Å². The van der Waals surface area contributed by atoms with Gasteiger partial charge in [-0.15, -0.1) is 0 Å². The van der Waals surface area contributed by atoms with E-state index in [0.717, 1.165) is 11.3 Å². The Bertz CT molecular complexity index is 786. The van der Waals surface area contributed by atoms with Crippen molar-refractivity contribution in [2.24, 2.45) is 0 Å². The molecule has 8 nitrogen and oxygen atoms in total. The second-order valence-corrected chi connectivity index (χ2v) is 8.43. The maximum atomic E-state index is 12.8. The molecule has 8 heteroatoms. The van der Waals surface area contributed by atoms with E-state index in [9.17, 15) is 14.4 Å². The van der Waals surface area contributed by atoms with Gasteiger partial charge >= 0.3 is 5.97 Å². The number of esters is 1. The Morgan fingerprint density at radius 1 is 1.13 bits per heavy atom. The van der Waals surface area contributed by atoms with Gasteiger partial charge in [0.15, 0.2) is 11.5 Å². The summed E-state index contributed by atoms with van der Waals surface area (Å²) in [6.07, 6.45) is 0.256. The molecule has 1 aromatic rings. The van der Waals surface area contributed by atoms with Gasteiger partial charge in [-0.1, -0.05) is 6.07 Å². The number of likely N-dealkylation sites (N-methyl/N-ethyl adjacent to an activating group) is 2. The largest absolute Gasteiger partial charge is 0.460 e. The van der Waals surface area contributed by atoms with Crippen LogP contribution in [-0.2, 0) is 25.5 Å². The fourth-order valence-electron chi connectivity index (χ4n) is 3.27. The zero-order valence-electron chi connectivity index (χ0n) is 18.7. The van der Waals surface area contributed by atoms with Crippen molar-refractivity contribution in [3.8, 4) is 11.5 Å². The van der Waals surface area contributed by atoms with E-state index >= 15 is 0 Å². The first-order valence-electron chi connectivity index (χ1n) is 10.1. The minimum absolute atomic E-state index is 0.0720. The molecular weight excluding hydrogens is 388 g/mol. The zero-order chi connectivity index (χ0) is 22.5. The Morgan fingerprint density at radius 2 is 1.80 bits per heavy atom. The summed E-state index contributed by atoms with van der Waals surface area (Å²) in [6.45, 7) is 9.72. The molecule has 2 amide bonds. The number of amides is 2. The summed E-state index contributed by atoms with van der Waals surface area (Å²) in [5.74, 6) is 0.208. The van der Waals surface area contributed by atoms with Crippen molar-refractivity contribution >= 4 is 17.8 Å². The van der Waals surface area contributed by atoms with Gasteiger partial charge in [-0.3, -0.25) is 14.4 Å². The maximum absolute atomic E-state index is 12.8. The third-order valence-corrected chi connectivity index (χ3v) is 4.67. The van der Waals surface area contributed by atoms with Crippen LogP contribution < -0.4 is 9.47 Å². The highest BCUT2D eigenvalue weighted by Gasteiger charge is 2.25. The van der Waals surface area contributed by atoms with Crippen LogP contribution in [0, 0.1) is 0 Å². The number of hydrogen-bond donors (Lipinski definition) is 0. The Balaban J connectivity index is 1.91. The van der Waals surface area contributed by atoms with Gasteiger partial charge < -0.3 is 24.0 Å². The van der Waals surface area contributed by atoms with E-state index in [1.165, 1.54) is 11.9 Å². The van der Waals surface area contributed by atoms with Crippen LogP contribution in [-0.4, -0.2) is 66.2 Å². The monoisotopic (exact) mass is 420 g/mol. The lowest BCUT2D eigenvalue weighted by Gasteiger charge is -2.30. The van der Waals surface area contributed by atoms with Gasteiger partial charge in [0, 0.05) is 19.6 Å². The number of carbonyl (C=O) groups excluding carboxylic acids is 3. The second-order valence-electron chi connectivity index (χ2n) is 8.43. The van der Waals surface area contributed by atoms with Crippen LogP contribution in [0.15, 0.2) is 18.2 Å². The summed E-state index contributed by atoms with van der Waals surface area (Å²) in [7, 11) is 1.51. The third-order valence-electron chi connectivity index (χ3n) is 4.67. The molecule has 1 aromatic carbocycles. The lowest BCUT2D eigenvalue weighted by molar-refractivity contribution is -0.158. The van der Waals surface area contributed by atoms with Crippen LogP contribution in [0.5, 0.6) is 11.5 Å². The van der Waals surface area contributed by atoms with Gasteiger partial charge in [0.2, 0.25) is 18.6 Å². The maximum Gasteiger partial charge on any atom is 0.315 e. The number of rotatable bonds is 8. The van der Waals surface area contributed by atoms with E-state index in [1.807, 2.05) is 32.0 Å². The van der Waals surface area contributed by atoms with Gasteiger partial charge in [-0.05, 0) is 58.7 Å². The zero-order valence-corrected chi connectivity index (χ0v) is 18.7. The van der Waals surface area contributed by atoms with Crippen LogP contribution in [0.2, 0.25) is 0 Å². The summed E-state index contributed by atoms with van der Waals surface area (Å²) >= 11 is 0. The van der Waals surface area contributed by atoms with Crippen molar-refractivity contribution in [1.29, 1.82) is 0 Å². The first-order chi connectivity index (χ1) is 14.0. The lowest BCUT2D eigenvalue weighted by Crippen LogP contribution is -2.46. The Kier molecular flexibility index (Phi) is 7.70. The summed E-state index contributed by atoms with van der Waals surface area (Å²) in [5.41, 5.74) is 0.377. The van der Waals surface area contributed by atoms with Crippen LogP contribution >= 0.6 is 0 Å². The van der Waals surface area contributed by atoms with Gasteiger partial charge in [-0.2, -0.15) is 0 Å².